The van der Waals surface area contributed by atoms with Crippen molar-refractivity contribution in [1.29, 1.82) is 0 Å². The Morgan fingerprint density at radius 3 is 2.56 bits per heavy atom. The molecule has 0 aromatic carbocycles. The number of hydrogen-bond donors (Lipinski definition) is 1. The highest BCUT2D eigenvalue weighted by molar-refractivity contribution is 6.28. The number of furan rings is 1. The fourth-order valence-corrected chi connectivity index (χ4v) is 1.42. The number of rotatable bonds is 4. The maximum atomic E-state index is 5.73. The first-order chi connectivity index (χ1) is 7.40. The zero-order valence-corrected chi connectivity index (χ0v) is 11.2. The largest absolute Gasteiger partial charge is 0.445 e. The van der Waals surface area contributed by atoms with Gasteiger partial charge in [-0.2, -0.15) is 0 Å². The molecule has 0 bridgehead atoms. The third-order valence-corrected chi connectivity index (χ3v) is 2.44. The van der Waals surface area contributed by atoms with Crippen molar-refractivity contribution in [3.8, 4) is 0 Å². The fourth-order valence-electron chi connectivity index (χ4n) is 1.26. The van der Waals surface area contributed by atoms with Gasteiger partial charge in [0.25, 0.3) is 0 Å². The second-order valence-electron chi connectivity index (χ2n) is 4.90. The zero-order chi connectivity index (χ0) is 12.2. The minimum atomic E-state index is 0.134. The van der Waals surface area contributed by atoms with Gasteiger partial charge in [-0.1, -0.05) is 12.5 Å². The lowest BCUT2D eigenvalue weighted by atomic mass is 10.1. The van der Waals surface area contributed by atoms with Gasteiger partial charge in [-0.15, -0.1) is 0 Å². The predicted molar refractivity (Wildman–Crippen MR) is 69.7 cm³/mol. The summed E-state index contributed by atoms with van der Waals surface area (Å²) in [6.45, 7) is 9.48. The molecule has 0 fully saturated rings. The van der Waals surface area contributed by atoms with Gasteiger partial charge in [-0.3, -0.25) is 0 Å². The van der Waals surface area contributed by atoms with Crippen molar-refractivity contribution in [2.75, 3.05) is 6.54 Å². The SMILES string of the molecule is CCC(=Cc1ccc(Cl)o1)CNC(C)(C)C. The van der Waals surface area contributed by atoms with Gasteiger partial charge in [0.2, 0.25) is 0 Å². The molecule has 0 saturated heterocycles. The van der Waals surface area contributed by atoms with E-state index in [0.29, 0.717) is 5.22 Å². The van der Waals surface area contributed by atoms with Crippen molar-refractivity contribution >= 4 is 17.7 Å². The lowest BCUT2D eigenvalue weighted by Crippen LogP contribution is -2.36. The van der Waals surface area contributed by atoms with Crippen LogP contribution < -0.4 is 5.32 Å². The maximum Gasteiger partial charge on any atom is 0.193 e. The van der Waals surface area contributed by atoms with Gasteiger partial charge in [-0.25, -0.2) is 0 Å². The van der Waals surface area contributed by atoms with Gasteiger partial charge in [0.05, 0.1) is 0 Å². The molecular weight excluding hydrogens is 222 g/mol. The first-order valence-electron chi connectivity index (χ1n) is 5.60. The molecule has 16 heavy (non-hydrogen) atoms. The highest BCUT2D eigenvalue weighted by Gasteiger charge is 2.09. The molecule has 0 radical (unpaired) electrons. The molecule has 0 aliphatic rings. The molecule has 1 aromatic rings. The van der Waals surface area contributed by atoms with Crippen LogP contribution in [-0.4, -0.2) is 12.1 Å². The van der Waals surface area contributed by atoms with Gasteiger partial charge >= 0.3 is 0 Å². The normalized spacial score (nSPS) is 13.2. The third-order valence-electron chi connectivity index (χ3n) is 2.24. The van der Waals surface area contributed by atoms with Crippen LogP contribution in [0, 0.1) is 0 Å². The Kier molecular flexibility index (Phi) is 4.63. The quantitative estimate of drug-likeness (QED) is 0.858. The van der Waals surface area contributed by atoms with Gasteiger partial charge in [0.1, 0.15) is 5.76 Å². The Morgan fingerprint density at radius 2 is 2.12 bits per heavy atom. The van der Waals surface area contributed by atoms with Crippen molar-refractivity contribution in [2.45, 2.75) is 39.7 Å². The molecule has 0 aliphatic carbocycles. The predicted octanol–water partition coefficient (Wildman–Crippen LogP) is 4.11. The van der Waals surface area contributed by atoms with E-state index in [2.05, 4.69) is 33.0 Å². The lowest BCUT2D eigenvalue weighted by molar-refractivity contribution is 0.442. The van der Waals surface area contributed by atoms with Gasteiger partial charge in [-0.05, 0) is 57.0 Å². The standard InChI is InChI=1S/C13H20ClNO/c1-5-10(9-15-13(2,3)4)8-11-6-7-12(14)16-11/h6-8,15H,5,9H2,1-4H3. The molecule has 0 atom stereocenters. The second-order valence-corrected chi connectivity index (χ2v) is 5.27. The van der Waals surface area contributed by atoms with Crippen LogP contribution >= 0.6 is 11.6 Å². The maximum absolute atomic E-state index is 5.73. The monoisotopic (exact) mass is 241 g/mol. The highest BCUT2D eigenvalue weighted by Crippen LogP contribution is 2.17. The summed E-state index contributed by atoms with van der Waals surface area (Å²) in [6, 6.07) is 3.65. The first kappa shape index (κ1) is 13.3. The van der Waals surface area contributed by atoms with Crippen molar-refractivity contribution in [2.24, 2.45) is 0 Å². The molecule has 0 aliphatic heterocycles. The van der Waals surface area contributed by atoms with Crippen LogP contribution in [0.5, 0.6) is 0 Å². The minimum absolute atomic E-state index is 0.134. The smallest absolute Gasteiger partial charge is 0.193 e. The van der Waals surface area contributed by atoms with Crippen molar-refractivity contribution in [1.82, 2.24) is 5.32 Å². The summed E-state index contributed by atoms with van der Waals surface area (Å²) >= 11 is 5.73. The van der Waals surface area contributed by atoms with Gasteiger partial charge < -0.3 is 9.73 Å². The van der Waals surface area contributed by atoms with E-state index in [0.717, 1.165) is 18.7 Å². The fraction of sp³-hybridized carbons (Fsp3) is 0.538. The van der Waals surface area contributed by atoms with Crippen LogP contribution in [0.2, 0.25) is 5.22 Å². The van der Waals surface area contributed by atoms with Gasteiger partial charge in [0.15, 0.2) is 5.22 Å². The van der Waals surface area contributed by atoms with E-state index < -0.39 is 0 Å². The molecule has 0 amide bonds. The Bertz CT molecular complexity index is 360. The van der Waals surface area contributed by atoms with E-state index >= 15 is 0 Å². The summed E-state index contributed by atoms with van der Waals surface area (Å²) in [5.41, 5.74) is 1.44. The van der Waals surface area contributed by atoms with Crippen molar-refractivity contribution in [3.05, 3.63) is 28.7 Å². The van der Waals surface area contributed by atoms with Gasteiger partial charge in [0, 0.05) is 12.1 Å². The van der Waals surface area contributed by atoms with Crippen LogP contribution in [0.4, 0.5) is 0 Å². The van der Waals surface area contributed by atoms with E-state index in [-0.39, 0.29) is 5.54 Å². The molecule has 0 spiro atoms. The number of hydrogen-bond acceptors (Lipinski definition) is 2. The summed E-state index contributed by atoms with van der Waals surface area (Å²) in [6.07, 6.45) is 3.05. The van der Waals surface area contributed by atoms with Crippen LogP contribution in [0.25, 0.3) is 6.08 Å². The molecule has 1 heterocycles. The Morgan fingerprint density at radius 1 is 1.44 bits per heavy atom. The van der Waals surface area contributed by atoms with Crippen LogP contribution in [-0.2, 0) is 0 Å². The Hall–Kier alpha value is -0.730. The van der Waals surface area contributed by atoms with E-state index in [1.165, 1.54) is 5.57 Å². The minimum Gasteiger partial charge on any atom is -0.445 e. The Balaban J connectivity index is 2.64. The molecule has 3 heteroatoms. The van der Waals surface area contributed by atoms with E-state index in [4.69, 9.17) is 16.0 Å². The molecule has 1 rings (SSSR count). The summed E-state index contributed by atoms with van der Waals surface area (Å²) in [5, 5.41) is 3.89. The van der Waals surface area contributed by atoms with Crippen molar-refractivity contribution < 1.29 is 4.42 Å². The summed E-state index contributed by atoms with van der Waals surface area (Å²) in [4.78, 5) is 0. The topological polar surface area (TPSA) is 25.2 Å². The van der Waals surface area contributed by atoms with Crippen LogP contribution in [0.15, 0.2) is 22.1 Å². The molecule has 0 unspecified atom stereocenters. The molecule has 2 nitrogen and oxygen atoms in total. The average Bonchev–Trinajstić information content (AvgIpc) is 2.57. The van der Waals surface area contributed by atoms with E-state index in [1.54, 1.807) is 6.07 Å². The number of halogens is 1. The first-order valence-corrected chi connectivity index (χ1v) is 5.98. The molecule has 90 valence electrons. The second kappa shape index (κ2) is 5.55. The molecule has 1 aromatic heterocycles. The van der Waals surface area contributed by atoms with Crippen LogP contribution in [0.3, 0.4) is 0 Å². The molecule has 0 saturated carbocycles. The average molecular weight is 242 g/mol. The molecular formula is C13H20ClNO. The Labute approximate surface area is 103 Å². The summed E-state index contributed by atoms with van der Waals surface area (Å²) in [5.74, 6) is 0.817. The summed E-state index contributed by atoms with van der Waals surface area (Å²) in [7, 11) is 0. The third kappa shape index (κ3) is 4.86. The van der Waals surface area contributed by atoms with E-state index in [1.807, 2.05) is 12.1 Å². The van der Waals surface area contributed by atoms with Crippen molar-refractivity contribution in [3.63, 3.8) is 0 Å². The van der Waals surface area contributed by atoms with Crippen LogP contribution in [0.1, 0.15) is 39.9 Å². The zero-order valence-electron chi connectivity index (χ0n) is 10.4. The summed E-state index contributed by atoms with van der Waals surface area (Å²) < 4.78 is 5.31. The molecule has 1 N–H and O–H groups in total. The lowest BCUT2D eigenvalue weighted by Gasteiger charge is -2.21. The van der Waals surface area contributed by atoms with E-state index in [9.17, 15) is 0 Å². The number of nitrogens with one attached hydrogen (secondary N) is 1. The highest BCUT2D eigenvalue weighted by atomic mass is 35.5.